The molecule has 0 aliphatic heterocycles. The number of ether oxygens (including phenoxy) is 1. The van der Waals surface area contributed by atoms with Gasteiger partial charge in [-0.1, -0.05) is 38.5 Å². The number of benzene rings is 1. The zero-order valence-electron chi connectivity index (χ0n) is 22.6. The van der Waals surface area contributed by atoms with E-state index in [-0.39, 0.29) is 34.7 Å². The quantitative estimate of drug-likeness (QED) is 0.389. The van der Waals surface area contributed by atoms with Crippen molar-refractivity contribution in [3.05, 3.63) is 82.8 Å². The number of nitrogens with one attached hydrogen (secondary N) is 1. The molecule has 2 N–H and O–H groups in total. The van der Waals surface area contributed by atoms with Gasteiger partial charge in [0.25, 0.3) is 0 Å². The van der Waals surface area contributed by atoms with E-state index in [1.165, 1.54) is 29.5 Å². The lowest BCUT2D eigenvalue weighted by atomic mass is 9.44. The fourth-order valence-corrected chi connectivity index (χ4v) is 9.55. The molecule has 0 radical (unpaired) electrons. The summed E-state index contributed by atoms with van der Waals surface area (Å²) in [6.45, 7) is 6.81. The molecule has 39 heavy (non-hydrogen) atoms. The second-order valence-corrected chi connectivity index (χ2v) is 12.9. The molecule has 0 amide bonds. The van der Waals surface area contributed by atoms with Gasteiger partial charge < -0.3 is 14.3 Å². The molecule has 0 bridgehead atoms. The van der Waals surface area contributed by atoms with Gasteiger partial charge in [-0.05, 0) is 103 Å². The first kappa shape index (κ1) is 24.8. The lowest BCUT2D eigenvalue weighted by Crippen LogP contribution is -2.61. The van der Waals surface area contributed by atoms with Gasteiger partial charge in [-0.25, -0.2) is 9.18 Å². The number of hydrogen-bond acceptors (Lipinski definition) is 5. The van der Waals surface area contributed by atoms with Crippen molar-refractivity contribution in [2.75, 3.05) is 0 Å². The number of aliphatic hydroxyl groups excluding tert-OH is 1. The van der Waals surface area contributed by atoms with E-state index in [9.17, 15) is 14.3 Å². The highest BCUT2D eigenvalue weighted by atomic mass is 19.1. The Morgan fingerprint density at radius 2 is 2.03 bits per heavy atom. The van der Waals surface area contributed by atoms with E-state index in [2.05, 4.69) is 37.0 Å². The van der Waals surface area contributed by atoms with Gasteiger partial charge in [0.1, 0.15) is 11.4 Å². The Morgan fingerprint density at radius 3 is 2.77 bits per heavy atom. The van der Waals surface area contributed by atoms with E-state index in [0.717, 1.165) is 30.5 Å². The number of fused-ring (bicyclic) bond motifs is 6. The number of furan rings is 1. The number of allylic oxidation sites excluding steroid dienone is 1. The van der Waals surface area contributed by atoms with Crippen molar-refractivity contribution in [1.82, 2.24) is 10.2 Å². The molecule has 0 spiro atoms. The highest BCUT2D eigenvalue weighted by Crippen LogP contribution is 2.71. The maximum absolute atomic E-state index is 14.0. The number of rotatable bonds is 3. The Bertz CT molecular complexity index is 1440. The van der Waals surface area contributed by atoms with Crippen LogP contribution < -0.4 is 0 Å². The van der Waals surface area contributed by atoms with Gasteiger partial charge in [0, 0.05) is 5.41 Å². The average Bonchev–Trinajstić information content (AvgIpc) is 3.63. The van der Waals surface area contributed by atoms with Gasteiger partial charge in [0.05, 0.1) is 24.3 Å². The molecule has 4 aliphatic carbocycles. The second-order valence-electron chi connectivity index (χ2n) is 12.9. The van der Waals surface area contributed by atoms with Crippen molar-refractivity contribution >= 4 is 12.0 Å². The molecule has 3 fully saturated rings. The molecule has 0 saturated heterocycles. The van der Waals surface area contributed by atoms with Crippen LogP contribution in [0.5, 0.6) is 0 Å². The molecule has 7 rings (SSSR count). The van der Waals surface area contributed by atoms with Crippen LogP contribution in [0.4, 0.5) is 4.39 Å². The highest BCUT2D eigenvalue weighted by molar-refractivity contribution is 5.86. The summed E-state index contributed by atoms with van der Waals surface area (Å²) in [4.78, 5) is 13.4. The molecule has 3 saturated carbocycles. The normalized spacial score (nSPS) is 38.7. The molecular formula is C32H35FN2O4. The average molecular weight is 531 g/mol. The minimum atomic E-state index is -1.01. The third kappa shape index (κ3) is 3.35. The first-order valence-electron chi connectivity index (χ1n) is 14.1. The number of H-pyrrole nitrogens is 1. The predicted octanol–water partition coefficient (Wildman–Crippen LogP) is 6.29. The monoisotopic (exact) mass is 530 g/mol. The van der Waals surface area contributed by atoms with Gasteiger partial charge in [-0.3, -0.25) is 5.10 Å². The minimum absolute atomic E-state index is 0.0888. The summed E-state index contributed by atoms with van der Waals surface area (Å²) < 4.78 is 25.9. The van der Waals surface area contributed by atoms with Gasteiger partial charge >= 0.3 is 5.97 Å². The van der Waals surface area contributed by atoms with Crippen molar-refractivity contribution in [3.63, 3.8) is 0 Å². The number of esters is 1. The Balaban J connectivity index is 1.32. The third-order valence-electron chi connectivity index (χ3n) is 11.0. The zero-order valence-corrected chi connectivity index (χ0v) is 22.6. The summed E-state index contributed by atoms with van der Waals surface area (Å²) >= 11 is 0. The molecule has 4 aliphatic rings. The second kappa shape index (κ2) is 8.40. The number of aromatic amines is 1. The van der Waals surface area contributed by atoms with Crippen molar-refractivity contribution in [3.8, 4) is 0 Å². The minimum Gasteiger partial charge on any atom is -0.457 e. The van der Waals surface area contributed by atoms with Crippen LogP contribution >= 0.6 is 0 Å². The predicted molar refractivity (Wildman–Crippen MR) is 143 cm³/mol. The van der Waals surface area contributed by atoms with Gasteiger partial charge in [-0.2, -0.15) is 5.10 Å². The van der Waals surface area contributed by atoms with Crippen molar-refractivity contribution in [2.24, 2.45) is 34.5 Å². The van der Waals surface area contributed by atoms with E-state index in [4.69, 9.17) is 9.15 Å². The smallest absolute Gasteiger partial charge is 0.375 e. The maximum atomic E-state index is 14.0. The Hall–Kier alpha value is -3.19. The lowest BCUT2D eigenvalue weighted by molar-refractivity contribution is -0.178. The molecule has 8 unspecified atom stereocenters. The summed E-state index contributed by atoms with van der Waals surface area (Å²) in [5.74, 6) is 0.209. The third-order valence-corrected chi connectivity index (χ3v) is 11.0. The Morgan fingerprint density at radius 1 is 1.23 bits per heavy atom. The summed E-state index contributed by atoms with van der Waals surface area (Å²) in [6, 6.07) is 9.61. The summed E-state index contributed by atoms with van der Waals surface area (Å²) in [5, 5.41) is 19.5. The fourth-order valence-electron chi connectivity index (χ4n) is 9.55. The van der Waals surface area contributed by atoms with E-state index in [1.54, 1.807) is 24.3 Å². The molecule has 2 heterocycles. The number of carbonyl (C=O) groups is 1. The van der Waals surface area contributed by atoms with Gasteiger partial charge in [0.2, 0.25) is 5.76 Å². The number of nitrogens with zero attached hydrogens (tertiary/aromatic N) is 1. The maximum Gasteiger partial charge on any atom is 0.375 e. The largest absolute Gasteiger partial charge is 0.457 e. The highest BCUT2D eigenvalue weighted by Gasteiger charge is 2.69. The van der Waals surface area contributed by atoms with Crippen LogP contribution in [0.3, 0.4) is 0 Å². The first-order chi connectivity index (χ1) is 18.7. The van der Waals surface area contributed by atoms with Crippen LogP contribution in [0, 0.1) is 40.3 Å². The fraction of sp³-hybridized carbons (Fsp3) is 0.500. The molecular weight excluding hydrogens is 495 g/mol. The Kier molecular flexibility index (Phi) is 5.35. The van der Waals surface area contributed by atoms with Crippen LogP contribution in [0.25, 0.3) is 6.08 Å². The molecule has 204 valence electrons. The lowest BCUT2D eigenvalue weighted by Gasteiger charge is -2.62. The number of aliphatic hydroxyl groups is 1. The molecule has 7 heteroatoms. The van der Waals surface area contributed by atoms with E-state index >= 15 is 0 Å². The summed E-state index contributed by atoms with van der Waals surface area (Å²) in [7, 11) is 0. The zero-order chi connectivity index (χ0) is 27.2. The van der Waals surface area contributed by atoms with Crippen LogP contribution in [0.15, 0.2) is 58.8 Å². The molecule has 2 aromatic heterocycles. The number of halogens is 1. The van der Waals surface area contributed by atoms with Crippen molar-refractivity contribution in [2.45, 2.75) is 64.6 Å². The van der Waals surface area contributed by atoms with E-state index in [1.807, 2.05) is 6.20 Å². The molecule has 1 aromatic carbocycles. The first-order valence-corrected chi connectivity index (χ1v) is 14.1. The Labute approximate surface area is 227 Å². The van der Waals surface area contributed by atoms with Crippen LogP contribution in [-0.2, 0) is 16.8 Å². The van der Waals surface area contributed by atoms with Crippen LogP contribution in [0.2, 0.25) is 0 Å². The molecule has 8 atom stereocenters. The van der Waals surface area contributed by atoms with Crippen LogP contribution in [0.1, 0.15) is 73.8 Å². The van der Waals surface area contributed by atoms with Crippen molar-refractivity contribution in [1.29, 1.82) is 0 Å². The molecule has 6 nitrogen and oxygen atoms in total. The van der Waals surface area contributed by atoms with E-state index in [0.29, 0.717) is 18.8 Å². The summed E-state index contributed by atoms with van der Waals surface area (Å²) in [5.41, 5.74) is 2.74. The standard InChI is InChI=1S/C32H35FN2O4/c1-18-13-22-23-10-11-32(20-6-8-21(33)9-7-20,39-29(37)27-5-4-12-38-27)31(23,3)16-26(36)28(22)30(2)15-19-17-34-35-25(19)14-24(18)30/h4-9,12,14,17-18,22-23,26,28,36H,10-11,13,15-16H2,1-3H3,(H,34,35). The topological polar surface area (TPSA) is 88.3 Å². The molecule has 3 aromatic rings. The summed E-state index contributed by atoms with van der Waals surface area (Å²) in [6.07, 6.45) is 8.88. The number of aromatic nitrogens is 2. The number of carbonyl (C=O) groups excluding carboxylic acids is 1. The van der Waals surface area contributed by atoms with Gasteiger partial charge in [0.15, 0.2) is 0 Å². The SMILES string of the molecule is CC1CC2C(C(O)CC3(C)C2CCC3(OC(=O)c2ccco2)c2ccc(F)cc2)C2(C)Cc3cn[nH]c3C=C12. The van der Waals surface area contributed by atoms with Crippen molar-refractivity contribution < 1.29 is 23.4 Å². The number of hydrogen-bond donors (Lipinski definition) is 2. The van der Waals surface area contributed by atoms with E-state index < -0.39 is 23.1 Å². The van der Waals surface area contributed by atoms with Crippen LogP contribution in [-0.4, -0.2) is 27.4 Å². The van der Waals surface area contributed by atoms with Gasteiger partial charge in [-0.15, -0.1) is 0 Å².